The van der Waals surface area contributed by atoms with Gasteiger partial charge >= 0.3 is 0 Å². The molecule has 2 rings (SSSR count). The van der Waals surface area contributed by atoms with Crippen LogP contribution in [0.25, 0.3) is 0 Å². The van der Waals surface area contributed by atoms with Gasteiger partial charge in [-0.15, -0.1) is 11.3 Å². The lowest BCUT2D eigenvalue weighted by atomic mass is 10.3. The Bertz CT molecular complexity index is 400. The van der Waals surface area contributed by atoms with E-state index >= 15 is 0 Å². The van der Waals surface area contributed by atoms with Gasteiger partial charge < -0.3 is 5.32 Å². The normalized spacial score (nSPS) is 10.1. The van der Waals surface area contributed by atoms with Crippen molar-refractivity contribution in [3.8, 4) is 0 Å². The molecule has 1 aromatic carbocycles. The van der Waals surface area contributed by atoms with E-state index in [1.807, 2.05) is 6.07 Å². The first-order valence-corrected chi connectivity index (χ1v) is 5.09. The van der Waals surface area contributed by atoms with Crippen LogP contribution in [0.3, 0.4) is 0 Å². The number of anilines is 1. The van der Waals surface area contributed by atoms with Gasteiger partial charge in [-0.1, -0.05) is 6.07 Å². The third-order valence-corrected chi connectivity index (χ3v) is 2.55. The molecule has 4 heteroatoms. The monoisotopic (exact) mass is 208 g/mol. The molecule has 1 N–H and O–H groups in total. The topological polar surface area (TPSA) is 24.9 Å². The van der Waals surface area contributed by atoms with Crippen molar-refractivity contribution in [2.45, 2.75) is 6.54 Å². The van der Waals surface area contributed by atoms with Crippen LogP contribution in [0.2, 0.25) is 0 Å². The Hall–Kier alpha value is -1.42. The predicted molar refractivity (Wildman–Crippen MR) is 55.8 cm³/mol. The SMILES string of the molecule is Fc1cccc(NCc2cncs2)c1. The van der Waals surface area contributed by atoms with Crippen molar-refractivity contribution in [2.75, 3.05) is 5.32 Å². The van der Waals surface area contributed by atoms with Crippen molar-refractivity contribution in [3.05, 3.63) is 46.7 Å². The van der Waals surface area contributed by atoms with E-state index in [9.17, 15) is 4.39 Å². The molecule has 0 saturated carbocycles. The summed E-state index contributed by atoms with van der Waals surface area (Å²) in [6.45, 7) is 0.689. The molecule has 72 valence electrons. The molecule has 0 aliphatic heterocycles. The first-order chi connectivity index (χ1) is 6.84. The summed E-state index contributed by atoms with van der Waals surface area (Å²) in [6.07, 6.45) is 1.80. The van der Waals surface area contributed by atoms with Crippen LogP contribution in [0.15, 0.2) is 36.0 Å². The zero-order valence-electron chi connectivity index (χ0n) is 7.40. The van der Waals surface area contributed by atoms with E-state index in [-0.39, 0.29) is 5.82 Å². The molecule has 1 heterocycles. The zero-order valence-corrected chi connectivity index (χ0v) is 8.22. The van der Waals surface area contributed by atoms with Crippen molar-refractivity contribution < 1.29 is 4.39 Å². The maximum absolute atomic E-state index is 12.8. The molecule has 0 bridgehead atoms. The largest absolute Gasteiger partial charge is 0.380 e. The number of nitrogens with zero attached hydrogens (tertiary/aromatic N) is 1. The van der Waals surface area contributed by atoms with Crippen LogP contribution < -0.4 is 5.32 Å². The molecule has 0 fully saturated rings. The summed E-state index contributed by atoms with van der Waals surface area (Å²) in [5.74, 6) is -0.223. The fraction of sp³-hybridized carbons (Fsp3) is 0.100. The summed E-state index contributed by atoms with van der Waals surface area (Å²) in [4.78, 5) is 5.09. The molecule has 0 radical (unpaired) electrons. The number of hydrogen-bond donors (Lipinski definition) is 1. The van der Waals surface area contributed by atoms with Crippen LogP contribution in [0.1, 0.15) is 4.88 Å². The fourth-order valence-corrected chi connectivity index (χ4v) is 1.65. The molecule has 0 saturated heterocycles. The second-order valence-electron chi connectivity index (χ2n) is 2.83. The number of nitrogens with one attached hydrogen (secondary N) is 1. The average Bonchev–Trinajstić information content (AvgIpc) is 2.67. The van der Waals surface area contributed by atoms with Gasteiger partial charge in [-0.25, -0.2) is 4.39 Å². The first kappa shape index (κ1) is 9.15. The highest BCUT2D eigenvalue weighted by Gasteiger charge is 1.96. The Morgan fingerprint density at radius 2 is 2.36 bits per heavy atom. The third-order valence-electron chi connectivity index (χ3n) is 1.77. The Morgan fingerprint density at radius 3 is 3.07 bits per heavy atom. The minimum absolute atomic E-state index is 0.223. The maximum Gasteiger partial charge on any atom is 0.125 e. The number of aromatic nitrogens is 1. The van der Waals surface area contributed by atoms with E-state index in [0.717, 1.165) is 10.6 Å². The van der Waals surface area contributed by atoms with Gasteiger partial charge in [-0.2, -0.15) is 0 Å². The van der Waals surface area contributed by atoms with Crippen molar-refractivity contribution in [1.82, 2.24) is 4.98 Å². The van der Waals surface area contributed by atoms with Crippen molar-refractivity contribution in [2.24, 2.45) is 0 Å². The highest BCUT2D eigenvalue weighted by molar-refractivity contribution is 7.09. The molecular formula is C10H9FN2S. The van der Waals surface area contributed by atoms with Gasteiger partial charge in [-0.3, -0.25) is 4.98 Å². The lowest BCUT2D eigenvalue weighted by molar-refractivity contribution is 0.628. The summed E-state index contributed by atoms with van der Waals surface area (Å²) in [7, 11) is 0. The zero-order chi connectivity index (χ0) is 9.80. The Labute approximate surface area is 85.4 Å². The molecule has 0 atom stereocenters. The van der Waals surface area contributed by atoms with Gasteiger partial charge in [0.2, 0.25) is 0 Å². The van der Waals surface area contributed by atoms with E-state index in [1.54, 1.807) is 29.1 Å². The van der Waals surface area contributed by atoms with Gasteiger partial charge in [0.1, 0.15) is 5.82 Å². The Morgan fingerprint density at radius 1 is 1.43 bits per heavy atom. The summed E-state index contributed by atoms with van der Waals surface area (Å²) in [5, 5.41) is 3.12. The third kappa shape index (κ3) is 2.29. The predicted octanol–water partition coefficient (Wildman–Crippen LogP) is 2.89. The van der Waals surface area contributed by atoms with Crippen molar-refractivity contribution in [1.29, 1.82) is 0 Å². The van der Waals surface area contributed by atoms with Gasteiger partial charge in [-0.05, 0) is 18.2 Å². The fourth-order valence-electron chi connectivity index (χ4n) is 1.12. The summed E-state index contributed by atoms with van der Waals surface area (Å²) in [5.41, 5.74) is 2.57. The van der Waals surface area contributed by atoms with Crippen molar-refractivity contribution >= 4 is 17.0 Å². The van der Waals surface area contributed by atoms with E-state index in [0.29, 0.717) is 6.54 Å². The second-order valence-corrected chi connectivity index (χ2v) is 3.80. The van der Waals surface area contributed by atoms with Gasteiger partial charge in [0.05, 0.1) is 12.1 Å². The van der Waals surface area contributed by atoms with Crippen LogP contribution in [-0.4, -0.2) is 4.98 Å². The molecule has 0 amide bonds. The van der Waals surface area contributed by atoms with Crippen LogP contribution in [0, 0.1) is 5.82 Å². The molecule has 0 spiro atoms. The maximum atomic E-state index is 12.8. The molecule has 0 aliphatic rings. The smallest absolute Gasteiger partial charge is 0.125 e. The van der Waals surface area contributed by atoms with Gasteiger partial charge in [0, 0.05) is 16.8 Å². The first-order valence-electron chi connectivity index (χ1n) is 4.21. The minimum atomic E-state index is -0.223. The van der Waals surface area contributed by atoms with Crippen LogP contribution in [0.5, 0.6) is 0 Å². The van der Waals surface area contributed by atoms with Crippen LogP contribution in [0.4, 0.5) is 10.1 Å². The number of hydrogen-bond acceptors (Lipinski definition) is 3. The van der Waals surface area contributed by atoms with Gasteiger partial charge in [0.25, 0.3) is 0 Å². The minimum Gasteiger partial charge on any atom is -0.380 e. The molecular weight excluding hydrogens is 199 g/mol. The van der Waals surface area contributed by atoms with E-state index in [4.69, 9.17) is 0 Å². The molecule has 0 aliphatic carbocycles. The number of benzene rings is 1. The van der Waals surface area contributed by atoms with Crippen molar-refractivity contribution in [3.63, 3.8) is 0 Å². The summed E-state index contributed by atoms with van der Waals surface area (Å²) < 4.78 is 12.8. The van der Waals surface area contributed by atoms with E-state index in [2.05, 4.69) is 10.3 Å². The number of rotatable bonds is 3. The molecule has 2 aromatic rings. The van der Waals surface area contributed by atoms with E-state index < -0.39 is 0 Å². The standard InChI is InChI=1S/C10H9FN2S/c11-8-2-1-3-9(4-8)13-6-10-5-12-7-14-10/h1-5,7,13H,6H2. The number of thiazole rings is 1. The van der Waals surface area contributed by atoms with E-state index in [1.165, 1.54) is 12.1 Å². The average molecular weight is 208 g/mol. The van der Waals surface area contributed by atoms with Crippen LogP contribution >= 0.6 is 11.3 Å². The molecule has 1 aromatic heterocycles. The highest BCUT2D eigenvalue weighted by Crippen LogP contribution is 2.12. The van der Waals surface area contributed by atoms with Gasteiger partial charge in [0.15, 0.2) is 0 Å². The Balaban J connectivity index is 1.98. The number of halogens is 1. The highest BCUT2D eigenvalue weighted by atomic mass is 32.1. The summed E-state index contributed by atoms with van der Waals surface area (Å²) in [6, 6.07) is 6.42. The molecule has 0 unspecified atom stereocenters. The van der Waals surface area contributed by atoms with Crippen LogP contribution in [-0.2, 0) is 6.54 Å². The molecule has 14 heavy (non-hydrogen) atoms. The molecule has 2 nitrogen and oxygen atoms in total. The summed E-state index contributed by atoms with van der Waals surface area (Å²) >= 11 is 1.58. The second kappa shape index (κ2) is 4.19. The Kier molecular flexibility index (Phi) is 2.74. The lowest BCUT2D eigenvalue weighted by Crippen LogP contribution is -1.97. The lowest BCUT2D eigenvalue weighted by Gasteiger charge is -2.03. The quantitative estimate of drug-likeness (QED) is 0.838.